The highest BCUT2D eigenvalue weighted by molar-refractivity contribution is 6.17. The maximum Gasteiger partial charge on any atom is 0.235 e. The molecule has 150 heavy (non-hydrogen) atoms. The third kappa shape index (κ3) is 15.3. The van der Waals surface area contributed by atoms with Crippen LogP contribution in [-0.4, -0.2) is 72.3 Å². The fourth-order valence-electron chi connectivity index (χ4n) is 21.8. The van der Waals surface area contributed by atoms with Crippen molar-refractivity contribution in [3.63, 3.8) is 0 Å². The first-order chi connectivity index (χ1) is 74.4. The Morgan fingerprint density at radius 3 is 0.793 bits per heavy atom. The van der Waals surface area contributed by atoms with Gasteiger partial charge < -0.3 is 4.57 Å². The average molecular weight is 1920 g/mol. The zero-order valence-corrected chi connectivity index (χ0v) is 80.9. The van der Waals surface area contributed by atoms with Crippen LogP contribution in [0, 0.1) is 0 Å². The number of fused-ring (bicyclic) bond motifs is 18. The molecule has 30 aromatic rings. The van der Waals surface area contributed by atoms with Crippen LogP contribution in [0.3, 0.4) is 0 Å². The second-order valence-electron chi connectivity index (χ2n) is 37.6. The molecule has 0 aliphatic heterocycles. The van der Waals surface area contributed by atoms with Crippen LogP contribution < -0.4 is 0 Å². The van der Waals surface area contributed by atoms with Crippen LogP contribution in [0.25, 0.3) is 267 Å². The van der Waals surface area contributed by atoms with Gasteiger partial charge in [-0.3, -0.25) is 22.8 Å². The summed E-state index contributed by atoms with van der Waals surface area (Å²) < 4.78 is 13.5. The number of rotatable bonds is 15. The minimum atomic E-state index is 0.640. The number of nitrogens with zero attached hydrogens (tertiary/aromatic N) is 15. The smallest absolute Gasteiger partial charge is 0.235 e. The van der Waals surface area contributed by atoms with Crippen LogP contribution in [0.4, 0.5) is 0 Å². The van der Waals surface area contributed by atoms with E-state index in [1.165, 1.54) is 26.9 Å². The van der Waals surface area contributed by atoms with Gasteiger partial charge in [0, 0.05) is 156 Å². The second-order valence-corrected chi connectivity index (χ2v) is 37.6. The van der Waals surface area contributed by atoms with Gasteiger partial charge in [-0.2, -0.15) is 0 Å². The number of pyridine rings is 3. The van der Waals surface area contributed by atoms with Crippen molar-refractivity contribution in [1.82, 2.24) is 72.3 Å². The summed E-state index contributed by atoms with van der Waals surface area (Å²) in [6.45, 7) is 0. The molecule has 18 aromatic carbocycles. The van der Waals surface area contributed by atoms with Gasteiger partial charge >= 0.3 is 0 Å². The van der Waals surface area contributed by atoms with E-state index in [4.69, 9.17) is 44.9 Å². The summed E-state index contributed by atoms with van der Waals surface area (Å²) in [6, 6.07) is 176. The first-order valence-corrected chi connectivity index (χ1v) is 50.4. The van der Waals surface area contributed by atoms with Gasteiger partial charge in [0.2, 0.25) is 5.95 Å². The molecule has 0 N–H and O–H groups in total. The van der Waals surface area contributed by atoms with Crippen molar-refractivity contribution in [3.8, 4) is 136 Å². The van der Waals surface area contributed by atoms with Gasteiger partial charge in [-0.15, -0.1) is 0 Å². The molecule has 0 unspecified atom stereocenters. The van der Waals surface area contributed by atoms with Gasteiger partial charge in [0.1, 0.15) is 22.8 Å². The number of hydrogen-bond donors (Lipinski definition) is 0. The Morgan fingerprint density at radius 2 is 0.420 bits per heavy atom. The minimum Gasteiger partial charge on any atom is -0.306 e. The third-order valence-corrected chi connectivity index (χ3v) is 28.8. The Morgan fingerprint density at radius 1 is 0.147 bits per heavy atom. The minimum absolute atomic E-state index is 0.640. The lowest BCUT2D eigenvalue weighted by Gasteiger charge is -2.14. The molecule has 15 heteroatoms. The van der Waals surface area contributed by atoms with Gasteiger partial charge in [-0.25, -0.2) is 44.9 Å². The van der Waals surface area contributed by atoms with Crippen molar-refractivity contribution in [2.45, 2.75) is 0 Å². The summed E-state index contributed by atoms with van der Waals surface area (Å²) in [5, 5.41) is 13.9. The molecule has 0 saturated carbocycles. The quantitative estimate of drug-likeness (QED) is 0.0979. The van der Waals surface area contributed by atoms with Gasteiger partial charge in [-0.05, 0) is 150 Å². The monoisotopic (exact) mass is 1920 g/mol. The number of aromatic nitrogens is 15. The highest BCUT2D eigenvalue weighted by atomic mass is 15.2. The molecule has 0 bridgehead atoms. The number of benzene rings is 18. The van der Waals surface area contributed by atoms with Crippen molar-refractivity contribution in [2.75, 3.05) is 0 Å². The Labute approximate surface area is 861 Å². The van der Waals surface area contributed by atoms with Gasteiger partial charge in [-0.1, -0.05) is 364 Å². The van der Waals surface area contributed by atoms with Crippen LogP contribution in [0.5, 0.6) is 0 Å². The summed E-state index contributed by atoms with van der Waals surface area (Å²) in [5.74, 6) is 2.86. The average Bonchev–Trinajstić information content (AvgIpc) is 1.58. The fourth-order valence-corrected chi connectivity index (χ4v) is 21.8. The molecule has 702 valence electrons. The third-order valence-electron chi connectivity index (χ3n) is 28.8. The lowest BCUT2D eigenvalue weighted by Crippen LogP contribution is -2.03. The van der Waals surface area contributed by atoms with Crippen LogP contribution in [-0.2, 0) is 0 Å². The van der Waals surface area contributed by atoms with Crippen molar-refractivity contribution < 1.29 is 0 Å². The lowest BCUT2D eigenvalue weighted by atomic mass is 10.0. The van der Waals surface area contributed by atoms with Gasteiger partial charge in [0.15, 0.2) is 11.6 Å². The van der Waals surface area contributed by atoms with Crippen LogP contribution in [0.2, 0.25) is 0 Å². The zero-order valence-electron chi connectivity index (χ0n) is 80.9. The van der Waals surface area contributed by atoms with Crippen LogP contribution >= 0.6 is 0 Å². The Hall–Kier alpha value is -20.6. The first-order valence-electron chi connectivity index (χ1n) is 50.4. The summed E-state index contributed by atoms with van der Waals surface area (Å²) in [4.78, 5) is 45.9. The van der Waals surface area contributed by atoms with Crippen molar-refractivity contribution in [1.29, 1.82) is 0 Å². The lowest BCUT2D eigenvalue weighted by molar-refractivity contribution is 0.995. The molecule has 0 saturated heterocycles. The number of hydrogen-bond acceptors (Lipinski definition) is 9. The molecular formula is C135H87N15. The highest BCUT2D eigenvalue weighted by Gasteiger charge is 2.27. The van der Waals surface area contributed by atoms with E-state index < -0.39 is 0 Å². The molecular weight excluding hydrogens is 1830 g/mol. The zero-order chi connectivity index (χ0) is 99.1. The Kier molecular flexibility index (Phi) is 21.5. The maximum atomic E-state index is 5.18. The second kappa shape index (κ2) is 37.0. The standard InChI is InChI=1S/3C45H29N5/c1-4-14-30(15-5-1)39-28-40(31-16-6-2-7-17-31)48-45(47-39)50-42-23-13-10-20-35(42)37-26-32(24-25-43(37)50)33-27-38-36-21-11-12-22-41(36)49(44(38)46-29-33)34-18-8-3-9-19-34;1-4-14-30(15-5-1)39-28-43(48-44(47-39)31-16-6-2-7-17-31)50-41-23-13-10-20-35(41)37-26-32(24-25-42(37)50)33-27-38-36-21-11-12-22-40(36)49(45(38)46-29-33)34-18-8-3-9-19-34;1-4-14-30(15-5-1)43-42(29-46-44(48-43)31-16-6-2-7-17-31)50-40-23-13-10-20-35(40)37-26-32(24-25-41(37)50)33-27-38-36-21-11-12-22-39(36)49(45(38)47-28-33)34-18-8-3-9-19-34/h3*1-29H. The van der Waals surface area contributed by atoms with Crippen LogP contribution in [0.15, 0.2) is 528 Å². The van der Waals surface area contributed by atoms with Crippen molar-refractivity contribution in [3.05, 3.63) is 528 Å². The summed E-state index contributed by atoms with van der Waals surface area (Å²) in [5.41, 5.74) is 33.2. The van der Waals surface area contributed by atoms with Gasteiger partial charge in [0.25, 0.3) is 0 Å². The van der Waals surface area contributed by atoms with E-state index >= 15 is 0 Å². The SMILES string of the molecule is c1ccc(-c2cc(-c3ccccc3)nc(-n3c4ccccc4c4cc(-c5cnc6c(c5)c5ccccc5n6-c5ccccc5)ccc43)n2)cc1.c1ccc(-c2cc(-n3c4ccccc4c4cc(-c5cnc6c(c5)c5ccccc5n6-c5ccccc5)ccc43)nc(-c3ccccc3)n2)cc1.c1ccc(-c2ncc(-n3c4ccccc4c4cc(-c5cnc6c(c5)c5ccccc5n6-c5ccccc5)ccc43)c(-c3ccccc3)n2)cc1. The summed E-state index contributed by atoms with van der Waals surface area (Å²) in [6.07, 6.45) is 7.98. The molecule has 0 aliphatic carbocycles. The Balaban J connectivity index is 0.000000108. The summed E-state index contributed by atoms with van der Waals surface area (Å²) in [7, 11) is 0. The molecule has 12 aromatic heterocycles. The largest absolute Gasteiger partial charge is 0.306 e. The molecule has 0 fully saturated rings. The van der Waals surface area contributed by atoms with Gasteiger partial charge in [0.05, 0.1) is 84.3 Å². The Bertz CT molecular complexity index is 9940. The fraction of sp³-hybridized carbons (Fsp3) is 0. The normalized spacial score (nSPS) is 11.6. The maximum absolute atomic E-state index is 5.18. The van der Waals surface area contributed by atoms with E-state index in [0.29, 0.717) is 17.6 Å². The molecule has 0 radical (unpaired) electrons. The number of para-hydroxylation sites is 9. The van der Waals surface area contributed by atoms with E-state index in [9.17, 15) is 0 Å². The highest BCUT2D eigenvalue weighted by Crippen LogP contribution is 2.46. The van der Waals surface area contributed by atoms with Crippen LogP contribution in [0.1, 0.15) is 0 Å². The van der Waals surface area contributed by atoms with E-state index in [1.807, 2.05) is 140 Å². The molecule has 0 atom stereocenters. The van der Waals surface area contributed by atoms with E-state index in [0.717, 1.165) is 222 Å². The topological polar surface area (TPSA) is 146 Å². The first kappa shape index (κ1) is 87.3. The molecule has 30 rings (SSSR count). The molecule has 12 heterocycles. The van der Waals surface area contributed by atoms with Crippen molar-refractivity contribution >= 4 is 131 Å². The molecule has 15 nitrogen and oxygen atoms in total. The predicted octanol–water partition coefficient (Wildman–Crippen LogP) is 33.2. The van der Waals surface area contributed by atoms with E-state index in [1.54, 1.807) is 0 Å². The van der Waals surface area contributed by atoms with Crippen molar-refractivity contribution in [2.24, 2.45) is 0 Å². The molecule has 0 aliphatic rings. The van der Waals surface area contributed by atoms with E-state index in [-0.39, 0.29) is 0 Å². The molecule has 0 spiro atoms. The van der Waals surface area contributed by atoms with E-state index in [2.05, 4.69) is 416 Å². The predicted molar refractivity (Wildman–Crippen MR) is 614 cm³/mol. The molecule has 0 amide bonds. The summed E-state index contributed by atoms with van der Waals surface area (Å²) >= 11 is 0.